The number of unbranched alkanes of at least 4 members (excludes halogenated alkanes) is 2. The number of Topliss-reactive ketones (excluding diaryl/α,β-unsaturated/α-hetero) is 1. The molecule has 3 rings (SSSR count). The molecule has 1 N–H and O–H groups in total. The van der Waals surface area contributed by atoms with Crippen LogP contribution in [0.25, 0.3) is 5.76 Å². The molecule has 1 aliphatic heterocycles. The van der Waals surface area contributed by atoms with Crippen LogP contribution in [-0.2, 0) is 9.59 Å². The Morgan fingerprint density at radius 3 is 2.24 bits per heavy atom. The number of thiophene rings is 1. The standard InChI is InChI=1S/C26H33BrN2O3S/c1-3-5-14-28(15-6-4-2)16-8-17-29-23(21-9-7-18-33-21)22(25(31)26(29)32)24(30)19-10-12-20(27)13-11-19/h7,9-13,18,23,30H,3-6,8,14-17H2,1-2H3. The molecule has 178 valence electrons. The van der Waals surface area contributed by atoms with Gasteiger partial charge >= 0.3 is 0 Å². The number of ketones is 1. The first kappa shape index (κ1) is 25.7. The Balaban J connectivity index is 1.83. The van der Waals surface area contributed by atoms with Crippen LogP contribution >= 0.6 is 27.3 Å². The van der Waals surface area contributed by atoms with E-state index in [1.54, 1.807) is 17.0 Å². The van der Waals surface area contributed by atoms with Crippen LogP contribution in [0.3, 0.4) is 0 Å². The van der Waals surface area contributed by atoms with E-state index in [1.165, 1.54) is 11.3 Å². The second kappa shape index (κ2) is 12.5. The third-order valence-corrected chi connectivity index (χ3v) is 7.45. The van der Waals surface area contributed by atoms with Crippen LogP contribution in [0.4, 0.5) is 0 Å². The van der Waals surface area contributed by atoms with E-state index >= 15 is 0 Å². The van der Waals surface area contributed by atoms with E-state index in [-0.39, 0.29) is 11.3 Å². The van der Waals surface area contributed by atoms with E-state index in [4.69, 9.17) is 0 Å². The van der Waals surface area contributed by atoms with Crippen molar-refractivity contribution in [2.75, 3.05) is 26.2 Å². The Labute approximate surface area is 209 Å². The number of benzene rings is 1. The molecule has 0 aliphatic carbocycles. The lowest BCUT2D eigenvalue weighted by Gasteiger charge is -2.26. The lowest BCUT2D eigenvalue weighted by molar-refractivity contribution is -0.139. The topological polar surface area (TPSA) is 60.9 Å². The van der Waals surface area contributed by atoms with E-state index in [0.29, 0.717) is 12.1 Å². The van der Waals surface area contributed by atoms with Gasteiger partial charge in [0.2, 0.25) is 0 Å². The van der Waals surface area contributed by atoms with Gasteiger partial charge in [0.1, 0.15) is 5.76 Å². The molecule has 0 radical (unpaired) electrons. The van der Waals surface area contributed by atoms with E-state index in [0.717, 1.165) is 61.1 Å². The lowest BCUT2D eigenvalue weighted by atomic mass is 10.00. The predicted octanol–water partition coefficient (Wildman–Crippen LogP) is 6.22. The maximum absolute atomic E-state index is 13.1. The number of amides is 1. The SMILES string of the molecule is CCCCN(CCCC)CCCN1C(=O)C(=O)C(=C(O)c2ccc(Br)cc2)C1c1cccs1. The predicted molar refractivity (Wildman–Crippen MR) is 138 cm³/mol. The van der Waals surface area contributed by atoms with Crippen LogP contribution in [0.5, 0.6) is 0 Å². The van der Waals surface area contributed by atoms with Crippen molar-refractivity contribution in [1.82, 2.24) is 9.80 Å². The van der Waals surface area contributed by atoms with E-state index in [1.807, 2.05) is 29.6 Å². The van der Waals surface area contributed by atoms with Gasteiger partial charge in [-0.05, 0) is 62.5 Å². The Morgan fingerprint density at radius 1 is 1.03 bits per heavy atom. The monoisotopic (exact) mass is 532 g/mol. The fourth-order valence-electron chi connectivity index (χ4n) is 4.18. The molecule has 2 aromatic rings. The van der Waals surface area contributed by atoms with Crippen molar-refractivity contribution in [3.8, 4) is 0 Å². The molecule has 1 atom stereocenters. The fourth-order valence-corrected chi connectivity index (χ4v) is 5.29. The minimum atomic E-state index is -0.609. The summed E-state index contributed by atoms with van der Waals surface area (Å²) < 4.78 is 0.880. The van der Waals surface area contributed by atoms with Gasteiger partial charge in [0.15, 0.2) is 0 Å². The summed E-state index contributed by atoms with van der Waals surface area (Å²) in [5.74, 6) is -1.25. The Bertz CT molecular complexity index is 948. The summed E-state index contributed by atoms with van der Waals surface area (Å²) in [7, 11) is 0. The number of hydrogen-bond donors (Lipinski definition) is 1. The molecule has 2 heterocycles. The zero-order chi connectivity index (χ0) is 23.8. The van der Waals surface area contributed by atoms with Gasteiger partial charge in [-0.25, -0.2) is 0 Å². The van der Waals surface area contributed by atoms with Crippen LogP contribution in [0.15, 0.2) is 51.8 Å². The van der Waals surface area contributed by atoms with Crippen LogP contribution in [-0.4, -0.2) is 52.8 Å². The van der Waals surface area contributed by atoms with Crippen molar-refractivity contribution >= 4 is 44.7 Å². The van der Waals surface area contributed by atoms with Gasteiger partial charge in [-0.15, -0.1) is 11.3 Å². The highest BCUT2D eigenvalue weighted by Crippen LogP contribution is 2.41. The highest BCUT2D eigenvalue weighted by atomic mass is 79.9. The Kier molecular flexibility index (Phi) is 9.71. The van der Waals surface area contributed by atoms with Gasteiger partial charge in [0.25, 0.3) is 11.7 Å². The zero-order valence-electron chi connectivity index (χ0n) is 19.4. The number of halogens is 1. The molecule has 1 aromatic carbocycles. The molecule has 1 amide bonds. The average Bonchev–Trinajstić information content (AvgIpc) is 3.43. The molecular formula is C26H33BrN2O3S. The first-order chi connectivity index (χ1) is 16.0. The van der Waals surface area contributed by atoms with Crippen molar-refractivity contribution in [2.24, 2.45) is 0 Å². The lowest BCUT2D eigenvalue weighted by Crippen LogP contribution is -2.34. The second-order valence-corrected chi connectivity index (χ2v) is 10.3. The van der Waals surface area contributed by atoms with Crippen LogP contribution in [0, 0.1) is 0 Å². The molecule has 1 aliphatic rings. The number of carbonyl (C=O) groups excluding carboxylic acids is 2. The van der Waals surface area contributed by atoms with E-state index in [9.17, 15) is 14.7 Å². The van der Waals surface area contributed by atoms with Gasteiger partial charge in [-0.1, -0.05) is 60.8 Å². The summed E-state index contributed by atoms with van der Waals surface area (Å²) >= 11 is 4.89. The number of likely N-dealkylation sites (tertiary alicyclic amines) is 1. The van der Waals surface area contributed by atoms with Gasteiger partial charge in [0, 0.05) is 21.5 Å². The maximum atomic E-state index is 13.1. The van der Waals surface area contributed by atoms with Gasteiger partial charge in [-0.2, -0.15) is 0 Å². The number of hydrogen-bond acceptors (Lipinski definition) is 5. The Hall–Kier alpha value is -1.96. The number of rotatable bonds is 12. The van der Waals surface area contributed by atoms with Crippen molar-refractivity contribution in [1.29, 1.82) is 0 Å². The summed E-state index contributed by atoms with van der Waals surface area (Å²) in [6.45, 7) is 7.90. The largest absolute Gasteiger partial charge is 0.507 e. The molecule has 7 heteroatoms. The molecule has 1 saturated heterocycles. The minimum Gasteiger partial charge on any atom is -0.507 e. The van der Waals surface area contributed by atoms with Crippen LogP contribution in [0.1, 0.15) is 62.4 Å². The summed E-state index contributed by atoms with van der Waals surface area (Å²) in [6, 6.07) is 10.4. The smallest absolute Gasteiger partial charge is 0.295 e. The first-order valence-electron chi connectivity index (χ1n) is 11.8. The Morgan fingerprint density at radius 2 is 1.67 bits per heavy atom. The molecule has 33 heavy (non-hydrogen) atoms. The van der Waals surface area contributed by atoms with Crippen LogP contribution in [0.2, 0.25) is 0 Å². The summed E-state index contributed by atoms with van der Waals surface area (Å²) in [5, 5.41) is 13.0. The normalized spacial score (nSPS) is 17.9. The van der Waals surface area contributed by atoms with Crippen molar-refractivity contribution in [3.63, 3.8) is 0 Å². The highest BCUT2D eigenvalue weighted by Gasteiger charge is 2.46. The third kappa shape index (κ3) is 6.34. The molecular weight excluding hydrogens is 500 g/mol. The summed E-state index contributed by atoms with van der Waals surface area (Å²) in [4.78, 5) is 31.1. The highest BCUT2D eigenvalue weighted by molar-refractivity contribution is 9.10. The van der Waals surface area contributed by atoms with Gasteiger partial charge in [0.05, 0.1) is 11.6 Å². The fraction of sp³-hybridized carbons (Fsp3) is 0.462. The first-order valence-corrected chi connectivity index (χ1v) is 13.4. The molecule has 1 fully saturated rings. The van der Waals surface area contributed by atoms with Gasteiger partial charge < -0.3 is 14.9 Å². The molecule has 5 nitrogen and oxygen atoms in total. The number of aliphatic hydroxyl groups is 1. The molecule has 1 unspecified atom stereocenters. The third-order valence-electron chi connectivity index (χ3n) is 6.00. The molecule has 0 bridgehead atoms. The van der Waals surface area contributed by atoms with Crippen molar-refractivity contribution in [3.05, 3.63) is 62.3 Å². The number of nitrogens with zero attached hydrogens (tertiary/aromatic N) is 2. The zero-order valence-corrected chi connectivity index (χ0v) is 21.8. The quantitative estimate of drug-likeness (QED) is 0.200. The average molecular weight is 534 g/mol. The summed E-state index contributed by atoms with van der Waals surface area (Å²) in [6.07, 6.45) is 5.44. The molecule has 0 spiro atoms. The van der Waals surface area contributed by atoms with E-state index < -0.39 is 17.7 Å². The second-order valence-electron chi connectivity index (χ2n) is 8.42. The van der Waals surface area contributed by atoms with Crippen molar-refractivity contribution in [2.45, 2.75) is 52.0 Å². The number of carbonyl (C=O) groups is 2. The minimum absolute atomic E-state index is 0.116. The molecule has 0 saturated carbocycles. The maximum Gasteiger partial charge on any atom is 0.295 e. The van der Waals surface area contributed by atoms with Gasteiger partial charge in [-0.3, -0.25) is 9.59 Å². The number of aliphatic hydroxyl groups excluding tert-OH is 1. The van der Waals surface area contributed by atoms with Crippen molar-refractivity contribution < 1.29 is 14.7 Å². The van der Waals surface area contributed by atoms with Crippen LogP contribution < -0.4 is 0 Å². The summed E-state index contributed by atoms with van der Waals surface area (Å²) in [5.41, 5.74) is 0.710. The van der Waals surface area contributed by atoms with E-state index in [2.05, 4.69) is 34.7 Å². The molecule has 1 aromatic heterocycles.